The summed E-state index contributed by atoms with van der Waals surface area (Å²) in [6.07, 6.45) is 2.14. The van der Waals surface area contributed by atoms with Crippen LogP contribution in [0.5, 0.6) is 23.3 Å². The van der Waals surface area contributed by atoms with Crippen LogP contribution in [-0.4, -0.2) is 196 Å². The van der Waals surface area contributed by atoms with Crippen molar-refractivity contribution in [2.75, 3.05) is 67.8 Å². The number of sulfone groups is 2. The van der Waals surface area contributed by atoms with E-state index in [2.05, 4.69) is 110 Å². The van der Waals surface area contributed by atoms with Crippen molar-refractivity contribution >= 4 is 205 Å². The van der Waals surface area contributed by atoms with Crippen LogP contribution in [-0.2, 0) is 48.3 Å². The molecule has 0 fully saturated rings. The molecule has 0 bridgehead atoms. The fraction of sp³-hybridized carbons (Fsp3) is 0.264. The molecule has 0 aliphatic carbocycles. The number of imide groups is 1. The van der Waals surface area contributed by atoms with E-state index in [9.17, 15) is 99.4 Å². The van der Waals surface area contributed by atoms with Crippen LogP contribution in [0.25, 0.3) is 0 Å². The molecule has 48 heteroatoms. The maximum atomic E-state index is 13.4. The van der Waals surface area contributed by atoms with Gasteiger partial charge in [-0.15, -0.1) is 0 Å². The number of nitrogens with two attached hydrogens (primary N) is 2. The highest BCUT2D eigenvalue weighted by atomic mass is 79.9. The molecule has 41 nitrogen and oxygen atoms in total. The van der Waals surface area contributed by atoms with Crippen LogP contribution in [0.1, 0.15) is 179 Å². The van der Waals surface area contributed by atoms with Crippen molar-refractivity contribution in [1.82, 2.24) is 14.9 Å². The summed E-state index contributed by atoms with van der Waals surface area (Å²) in [5, 5.41) is 69.8. The largest absolute Gasteiger partial charge is 0.491 e. The first kappa shape index (κ1) is 106. The Morgan fingerprint density at radius 3 is 1.32 bits per heavy atom. The zero-order valence-electron chi connectivity index (χ0n) is 62.9. The lowest BCUT2D eigenvalue weighted by Crippen LogP contribution is -2.38. The van der Waals surface area contributed by atoms with Crippen LogP contribution < -0.4 is 41.0 Å². The maximum Gasteiger partial charge on any atom is 0.349 e. The number of pyridine rings is 2. The van der Waals surface area contributed by atoms with Gasteiger partial charge in [0.2, 0.25) is 11.8 Å². The summed E-state index contributed by atoms with van der Waals surface area (Å²) in [7, 11) is -3.87. The fourth-order valence-electron chi connectivity index (χ4n) is 9.89. The highest BCUT2D eigenvalue weighted by Crippen LogP contribution is 2.40. The number of nitrogens with one attached hydrogen (secondary N) is 2. The van der Waals surface area contributed by atoms with E-state index in [0.29, 0.717) is 47.6 Å². The molecule has 4 amide bonds. The molecule has 2 aliphatic rings. The summed E-state index contributed by atoms with van der Waals surface area (Å²) in [5.74, 6) is -11.3. The molecule has 2 aromatic heterocycles. The average Bonchev–Trinajstić information content (AvgIpc) is 1.59. The van der Waals surface area contributed by atoms with E-state index in [-0.39, 0.29) is 116 Å². The minimum Gasteiger partial charge on any atom is -0.491 e. The lowest BCUT2D eigenvalue weighted by atomic mass is 10.1. The summed E-state index contributed by atoms with van der Waals surface area (Å²) >= 11 is 15.4. The number of carbonyl (C=O) groups is 13. The first-order valence-electron chi connectivity index (χ1n) is 32.4. The van der Waals surface area contributed by atoms with E-state index in [4.69, 9.17) is 55.9 Å². The predicted molar refractivity (Wildman–Crippen MR) is 446 cm³/mol. The molecule has 120 heavy (non-hydrogen) atoms. The minimum absolute atomic E-state index is 0. The SMILES string of the molecule is C.C.CC(=O)Nc1cc(Br)cc2c1C(=O)OC2=O.CC(=O)OC(C)=O.CCOc1nc([C@@H](CS(C)(=O)=O)N2C(=O)c3cc(Br)cc(NC(C)=O)c3C2=O)ccc1OC.CCOc1nc([C@H](N)CS(C)(=O)=O)ccc1OC.Cc1c(C(=O)O)cc(Br)cc1[N+](=O)[O-].Nc1cc(Br)cc(C(=O)O)c1C(=O)O.O=C(O)c1cc(Br)cc([N+](=O)[O-])c1C(=O)O. The van der Waals surface area contributed by atoms with Crippen molar-refractivity contribution in [1.29, 1.82) is 0 Å². The molecule has 0 spiro atoms. The number of aromatic nitrogens is 2. The first-order chi connectivity index (χ1) is 54.6. The molecule has 9 rings (SSSR count). The normalized spacial score (nSPS) is 11.7. The summed E-state index contributed by atoms with van der Waals surface area (Å²) in [6, 6.07) is 17.5. The van der Waals surface area contributed by atoms with Gasteiger partial charge in [0.1, 0.15) is 19.7 Å². The van der Waals surface area contributed by atoms with E-state index in [1.54, 1.807) is 25.1 Å². The molecule has 4 heterocycles. The highest BCUT2D eigenvalue weighted by molar-refractivity contribution is 9.11. The molecule has 2 aliphatic heterocycles. The number of nitro groups is 2. The number of esters is 4. The number of hydrogen-bond acceptors (Lipinski definition) is 31. The van der Waals surface area contributed by atoms with Crippen molar-refractivity contribution in [3.8, 4) is 23.3 Å². The smallest absolute Gasteiger partial charge is 0.349 e. The van der Waals surface area contributed by atoms with Crippen LogP contribution in [0, 0.1) is 27.2 Å². The van der Waals surface area contributed by atoms with Gasteiger partial charge < -0.3 is 76.1 Å². The topological polar surface area (TPSA) is 638 Å². The van der Waals surface area contributed by atoms with Gasteiger partial charge in [-0.2, -0.15) is 0 Å². The van der Waals surface area contributed by atoms with Gasteiger partial charge in [0.25, 0.3) is 34.9 Å². The Morgan fingerprint density at radius 1 is 0.542 bits per heavy atom. The molecule has 5 aromatic carbocycles. The van der Waals surface area contributed by atoms with Gasteiger partial charge in [-0.05, 0) is 93.6 Å². The molecule has 648 valence electrons. The third-order valence-corrected chi connectivity index (χ3v) is 18.5. The van der Waals surface area contributed by atoms with Gasteiger partial charge in [-0.25, -0.2) is 60.4 Å². The second-order valence-electron chi connectivity index (χ2n) is 23.4. The highest BCUT2D eigenvalue weighted by Gasteiger charge is 2.45. The number of nitrogens with zero attached hydrogens (tertiary/aromatic N) is 5. The zero-order valence-corrected chi connectivity index (χ0v) is 72.5. The third kappa shape index (κ3) is 31.1. The number of methoxy groups -OCH3 is 2. The molecule has 0 radical (unpaired) electrons. The Hall–Kier alpha value is -11.8. The second kappa shape index (κ2) is 47.1. The molecular formula is C72H76Br5N9O32S2. The van der Waals surface area contributed by atoms with Crippen LogP contribution >= 0.6 is 79.6 Å². The summed E-state index contributed by atoms with van der Waals surface area (Å²) < 4.78 is 78.4. The third-order valence-electron chi connectivity index (χ3n) is 14.4. The van der Waals surface area contributed by atoms with E-state index in [1.165, 1.54) is 103 Å². The number of carboxylic acids is 5. The van der Waals surface area contributed by atoms with Crippen molar-refractivity contribution in [3.05, 3.63) is 195 Å². The van der Waals surface area contributed by atoms with Crippen molar-refractivity contribution < 1.29 is 143 Å². The average molecular weight is 2040 g/mol. The molecular weight excluding hydrogens is 1970 g/mol. The van der Waals surface area contributed by atoms with E-state index in [1.807, 2.05) is 6.92 Å². The number of hydrogen-bond donors (Lipinski definition) is 9. The number of nitro benzene ring substituents is 2. The lowest BCUT2D eigenvalue weighted by molar-refractivity contribution is -0.385. The van der Waals surface area contributed by atoms with Gasteiger partial charge in [-0.3, -0.25) is 53.9 Å². The minimum atomic E-state index is -3.66. The number of carbonyl (C=O) groups excluding carboxylic acids is 8. The molecule has 11 N–H and O–H groups in total. The van der Waals surface area contributed by atoms with E-state index in [0.717, 1.165) is 29.5 Å². The lowest BCUT2D eigenvalue weighted by Gasteiger charge is -2.26. The number of aromatic carboxylic acids is 5. The standard InChI is InChI=1S/C21H22BrN3O7S.C11H18N2O4S.C10H6BrNO4.C8H4BrNO6.2C8H6BrNO4.C4H6O3.2CH4/c1-5-32-19-17(31-3)7-6-14(24-19)16(10-33(4,29)30)25-20(27)13-8-12(22)9-15(23-11(2)26)18(13)21(25)28;1-4-17-11-10(16-2)6-5-9(13-11)8(12)7-18(3,14)15;1-4(13)12-7-3-5(11)2-6-8(7)10(15)16-9(6)14;9-3-1-4(7(11)12)6(8(13)14)5(2-3)10(15)16;1-4-6(8(11)12)2-5(9)3-7(4)10(13)14;9-3-1-4(7(11)12)6(8(13)14)5(10)2-3;1-3(5)7-4(2)6;;/h6-9,16H,5,10H2,1-4H3,(H,23,26);5-6,8H,4,7,12H2,1-3H3;2-3H,1H3,(H,12,13);1-2H,(H,11,12)(H,13,14);2-3H,1H3,(H,11,12);1-2H,10H2,(H,11,12)(H,13,14);1-2H3;2*1H4/t16-;8-;;;;;;;/m11......./s1. The Bertz CT molecular complexity index is 5360. The van der Waals surface area contributed by atoms with Crippen molar-refractivity contribution in [2.45, 2.75) is 75.4 Å². The number of benzene rings is 5. The zero-order chi connectivity index (χ0) is 90.2. The Kier molecular flexibility index (Phi) is 41.7. The first-order valence-corrected chi connectivity index (χ1v) is 40.4. The number of halogens is 5. The predicted octanol–water partition coefficient (Wildman–Crippen LogP) is 11.8. The number of fused-ring (bicyclic) bond motifs is 2. The number of cyclic esters (lactones) is 2. The van der Waals surface area contributed by atoms with Crippen LogP contribution in [0.15, 0.2) is 107 Å². The van der Waals surface area contributed by atoms with Crippen LogP contribution in [0.3, 0.4) is 0 Å². The van der Waals surface area contributed by atoms with E-state index >= 15 is 0 Å². The number of ether oxygens (including phenoxy) is 6. The number of amides is 4. The summed E-state index contributed by atoms with van der Waals surface area (Å²) in [4.78, 5) is 174. The summed E-state index contributed by atoms with van der Waals surface area (Å²) in [6.45, 7) is 10.6. The Morgan fingerprint density at radius 2 is 0.933 bits per heavy atom. The number of nitrogen functional groups attached to an aromatic ring is 1. The van der Waals surface area contributed by atoms with Crippen molar-refractivity contribution in [2.24, 2.45) is 5.73 Å². The Labute approximate surface area is 724 Å². The maximum absolute atomic E-state index is 13.4. The second-order valence-corrected chi connectivity index (χ2v) is 32.4. The number of rotatable bonds is 22. The van der Waals surface area contributed by atoms with Gasteiger partial charge in [-0.1, -0.05) is 94.5 Å². The van der Waals surface area contributed by atoms with Gasteiger partial charge in [0, 0.05) is 86.0 Å². The Balaban J connectivity index is 0.000000728. The monoisotopic (exact) mass is 2040 g/mol. The number of anilines is 3. The molecule has 2 atom stereocenters. The van der Waals surface area contributed by atoms with Crippen LogP contribution in [0.2, 0.25) is 0 Å². The van der Waals surface area contributed by atoms with Gasteiger partial charge in [0.05, 0.1) is 128 Å². The molecule has 7 aromatic rings. The summed E-state index contributed by atoms with van der Waals surface area (Å²) in [5.41, 5.74) is 9.35. The van der Waals surface area contributed by atoms with E-state index < -0.39 is 136 Å². The quantitative estimate of drug-likeness (QED) is 0.00760. The molecule has 0 saturated heterocycles. The molecule has 0 unspecified atom stereocenters. The van der Waals surface area contributed by atoms with Gasteiger partial charge >= 0.3 is 53.7 Å². The van der Waals surface area contributed by atoms with Crippen molar-refractivity contribution in [3.63, 3.8) is 0 Å². The number of carboxylic acid groups (broad SMARTS) is 5. The molecule has 0 saturated carbocycles. The fourth-order valence-corrected chi connectivity index (χ4v) is 13.9. The van der Waals surface area contributed by atoms with Crippen LogP contribution in [0.4, 0.5) is 28.4 Å². The van der Waals surface area contributed by atoms with Gasteiger partial charge in [0.15, 0.2) is 17.1 Å².